The van der Waals surface area contributed by atoms with Crippen molar-refractivity contribution in [3.05, 3.63) is 52.5 Å². The van der Waals surface area contributed by atoms with Gasteiger partial charge in [0.2, 0.25) is 0 Å². The van der Waals surface area contributed by atoms with E-state index in [1.54, 1.807) is 26.2 Å². The molecule has 2 aromatic rings. The normalized spacial score (nSPS) is 11.6. The minimum atomic E-state index is -0.649. The molecule has 0 radical (unpaired) electrons. The number of anilines is 1. The fourth-order valence-corrected chi connectivity index (χ4v) is 2.51. The molecule has 0 fully saturated rings. The number of aryl methyl sites for hydroxylation is 1. The summed E-state index contributed by atoms with van der Waals surface area (Å²) in [5.74, 6) is 0.907. The minimum Gasteiger partial charge on any atom is -0.493 e. The summed E-state index contributed by atoms with van der Waals surface area (Å²) in [4.78, 5) is 12.3. The maximum atomic E-state index is 12.3. The van der Waals surface area contributed by atoms with E-state index < -0.39 is 6.10 Å². The van der Waals surface area contributed by atoms with Crippen molar-refractivity contribution in [3.8, 4) is 11.5 Å². The number of amides is 1. The molecule has 1 atom stereocenters. The number of hydrogen-bond donors (Lipinski definition) is 1. The first-order chi connectivity index (χ1) is 10.5. The summed E-state index contributed by atoms with van der Waals surface area (Å²) in [6.07, 6.45) is -0.649. The fourth-order valence-electron chi connectivity index (χ4n) is 1.92. The number of para-hydroxylation sites is 2. The molecule has 0 aliphatic carbocycles. The molecule has 0 aliphatic heterocycles. The third-order valence-corrected chi connectivity index (χ3v) is 3.78. The second kappa shape index (κ2) is 7.31. The zero-order chi connectivity index (χ0) is 16.1. The zero-order valence-electron chi connectivity index (χ0n) is 12.7. The Morgan fingerprint density at radius 2 is 1.86 bits per heavy atom. The highest BCUT2D eigenvalue weighted by atomic mass is 79.9. The molecular weight excluding hydrogens is 346 g/mol. The highest BCUT2D eigenvalue weighted by Gasteiger charge is 2.17. The van der Waals surface area contributed by atoms with Crippen LogP contribution in [0.25, 0.3) is 0 Å². The van der Waals surface area contributed by atoms with Gasteiger partial charge in [0.05, 0.1) is 12.8 Å². The van der Waals surface area contributed by atoms with E-state index in [0.29, 0.717) is 17.2 Å². The number of nitrogens with one attached hydrogen (secondary N) is 1. The topological polar surface area (TPSA) is 47.6 Å². The summed E-state index contributed by atoms with van der Waals surface area (Å²) in [5.41, 5.74) is 1.83. The van der Waals surface area contributed by atoms with E-state index in [1.807, 2.05) is 37.3 Å². The number of carbonyl (C=O) groups excluding carboxylic acids is 1. The van der Waals surface area contributed by atoms with Gasteiger partial charge in [0.1, 0.15) is 0 Å². The van der Waals surface area contributed by atoms with Gasteiger partial charge in [-0.1, -0.05) is 18.2 Å². The lowest BCUT2D eigenvalue weighted by Crippen LogP contribution is -2.30. The van der Waals surface area contributed by atoms with Gasteiger partial charge in [-0.2, -0.15) is 0 Å². The molecule has 0 heterocycles. The Kier molecular flexibility index (Phi) is 5.44. The number of ether oxygens (including phenoxy) is 2. The molecule has 1 unspecified atom stereocenters. The summed E-state index contributed by atoms with van der Waals surface area (Å²) in [7, 11) is 1.57. The van der Waals surface area contributed by atoms with Gasteiger partial charge in [-0.05, 0) is 59.6 Å². The van der Waals surface area contributed by atoms with Crippen LogP contribution < -0.4 is 14.8 Å². The zero-order valence-corrected chi connectivity index (χ0v) is 14.3. The van der Waals surface area contributed by atoms with E-state index >= 15 is 0 Å². The van der Waals surface area contributed by atoms with Crippen LogP contribution in [0.5, 0.6) is 11.5 Å². The van der Waals surface area contributed by atoms with Crippen molar-refractivity contribution >= 4 is 27.5 Å². The van der Waals surface area contributed by atoms with Crippen molar-refractivity contribution in [2.75, 3.05) is 12.4 Å². The molecule has 4 nitrogen and oxygen atoms in total. The standard InChI is InChI=1S/C17H18BrNO3/c1-11-8-9-14(13(18)10-11)19-17(20)12(2)22-16-7-5-4-6-15(16)21-3/h4-10,12H,1-3H3,(H,19,20). The van der Waals surface area contributed by atoms with Gasteiger partial charge < -0.3 is 14.8 Å². The largest absolute Gasteiger partial charge is 0.493 e. The number of benzene rings is 2. The summed E-state index contributed by atoms with van der Waals surface area (Å²) >= 11 is 3.44. The van der Waals surface area contributed by atoms with Gasteiger partial charge in [-0.25, -0.2) is 0 Å². The van der Waals surface area contributed by atoms with E-state index in [4.69, 9.17) is 9.47 Å². The minimum absolute atomic E-state index is 0.226. The van der Waals surface area contributed by atoms with Crippen LogP contribution in [0.4, 0.5) is 5.69 Å². The first-order valence-corrected chi connectivity index (χ1v) is 7.67. The molecule has 2 rings (SSSR count). The van der Waals surface area contributed by atoms with Crippen LogP contribution in [0.3, 0.4) is 0 Å². The third-order valence-electron chi connectivity index (χ3n) is 3.12. The van der Waals surface area contributed by atoms with Crippen LogP contribution in [0.2, 0.25) is 0 Å². The van der Waals surface area contributed by atoms with Crippen molar-refractivity contribution < 1.29 is 14.3 Å². The second-order valence-electron chi connectivity index (χ2n) is 4.88. The van der Waals surface area contributed by atoms with E-state index in [-0.39, 0.29) is 5.91 Å². The van der Waals surface area contributed by atoms with Gasteiger partial charge in [-0.3, -0.25) is 4.79 Å². The van der Waals surface area contributed by atoms with Gasteiger partial charge in [-0.15, -0.1) is 0 Å². The van der Waals surface area contributed by atoms with E-state index in [2.05, 4.69) is 21.2 Å². The van der Waals surface area contributed by atoms with Crippen LogP contribution >= 0.6 is 15.9 Å². The van der Waals surface area contributed by atoms with Gasteiger partial charge in [0.25, 0.3) is 5.91 Å². The Morgan fingerprint density at radius 1 is 1.18 bits per heavy atom. The first kappa shape index (κ1) is 16.4. The fraction of sp³-hybridized carbons (Fsp3) is 0.235. The Hall–Kier alpha value is -2.01. The van der Waals surface area contributed by atoms with Gasteiger partial charge >= 0.3 is 0 Å². The Bertz CT molecular complexity index is 673. The van der Waals surface area contributed by atoms with Crippen LogP contribution in [0.1, 0.15) is 12.5 Å². The predicted octanol–water partition coefficient (Wildman–Crippen LogP) is 4.17. The van der Waals surface area contributed by atoms with Crippen molar-refractivity contribution in [1.29, 1.82) is 0 Å². The Labute approximate surface area is 138 Å². The Balaban J connectivity index is 2.06. The summed E-state index contributed by atoms with van der Waals surface area (Å²) < 4.78 is 11.7. The second-order valence-corrected chi connectivity index (χ2v) is 5.74. The van der Waals surface area contributed by atoms with Crippen molar-refractivity contribution in [2.24, 2.45) is 0 Å². The van der Waals surface area contributed by atoms with Crippen molar-refractivity contribution in [2.45, 2.75) is 20.0 Å². The average molecular weight is 364 g/mol. The summed E-state index contributed by atoms with van der Waals surface area (Å²) in [6.45, 7) is 3.69. The van der Waals surface area contributed by atoms with Crippen LogP contribution in [0, 0.1) is 6.92 Å². The molecule has 0 aliphatic rings. The molecule has 0 spiro atoms. The van der Waals surface area contributed by atoms with Crippen LogP contribution in [-0.4, -0.2) is 19.1 Å². The van der Waals surface area contributed by atoms with Crippen molar-refractivity contribution in [3.63, 3.8) is 0 Å². The first-order valence-electron chi connectivity index (χ1n) is 6.88. The molecular formula is C17H18BrNO3. The van der Waals surface area contributed by atoms with Crippen LogP contribution in [0.15, 0.2) is 46.9 Å². The third kappa shape index (κ3) is 4.01. The van der Waals surface area contributed by atoms with E-state index in [9.17, 15) is 4.79 Å². The number of hydrogen-bond acceptors (Lipinski definition) is 3. The maximum Gasteiger partial charge on any atom is 0.265 e. The van der Waals surface area contributed by atoms with E-state index in [1.165, 1.54) is 0 Å². The Morgan fingerprint density at radius 3 is 2.50 bits per heavy atom. The molecule has 0 aromatic heterocycles. The summed E-state index contributed by atoms with van der Waals surface area (Å²) in [6, 6.07) is 13.0. The smallest absolute Gasteiger partial charge is 0.265 e. The lowest BCUT2D eigenvalue weighted by molar-refractivity contribution is -0.122. The SMILES string of the molecule is COc1ccccc1OC(C)C(=O)Nc1ccc(C)cc1Br. The molecule has 22 heavy (non-hydrogen) atoms. The quantitative estimate of drug-likeness (QED) is 0.866. The number of halogens is 1. The molecule has 1 amide bonds. The maximum absolute atomic E-state index is 12.3. The molecule has 5 heteroatoms. The monoisotopic (exact) mass is 363 g/mol. The number of carbonyl (C=O) groups is 1. The highest BCUT2D eigenvalue weighted by Crippen LogP contribution is 2.27. The number of rotatable bonds is 5. The van der Waals surface area contributed by atoms with Gasteiger partial charge in [0, 0.05) is 4.47 Å². The predicted molar refractivity (Wildman–Crippen MR) is 90.6 cm³/mol. The van der Waals surface area contributed by atoms with E-state index in [0.717, 1.165) is 10.0 Å². The average Bonchev–Trinajstić information content (AvgIpc) is 2.50. The lowest BCUT2D eigenvalue weighted by atomic mass is 10.2. The lowest BCUT2D eigenvalue weighted by Gasteiger charge is -2.17. The molecule has 0 saturated heterocycles. The van der Waals surface area contributed by atoms with Gasteiger partial charge in [0.15, 0.2) is 17.6 Å². The van der Waals surface area contributed by atoms with Crippen molar-refractivity contribution in [1.82, 2.24) is 0 Å². The summed E-state index contributed by atoms with van der Waals surface area (Å²) in [5, 5.41) is 2.84. The van der Waals surface area contributed by atoms with Crippen LogP contribution in [-0.2, 0) is 4.79 Å². The molecule has 2 aromatic carbocycles. The molecule has 116 valence electrons. The number of methoxy groups -OCH3 is 1. The molecule has 1 N–H and O–H groups in total. The molecule has 0 bridgehead atoms. The molecule has 0 saturated carbocycles. The highest BCUT2D eigenvalue weighted by molar-refractivity contribution is 9.10.